The highest BCUT2D eigenvalue weighted by Gasteiger charge is 2.13. The highest BCUT2D eigenvalue weighted by Crippen LogP contribution is 2.24. The molecular weight excluding hydrogens is 252 g/mol. The van der Waals surface area contributed by atoms with Crippen LogP contribution in [-0.2, 0) is 12.0 Å². The highest BCUT2D eigenvalue weighted by molar-refractivity contribution is 7.09. The number of thiazole rings is 1. The second-order valence-corrected chi connectivity index (χ2v) is 6.91. The number of aromatic nitrogens is 1. The lowest BCUT2D eigenvalue weighted by Crippen LogP contribution is -2.18. The number of nitrogens with one attached hydrogen (secondary N) is 1. The number of hydrogen-bond acceptors (Lipinski definition) is 3. The van der Waals surface area contributed by atoms with Crippen molar-refractivity contribution < 1.29 is 0 Å². The molecule has 0 aliphatic heterocycles. The van der Waals surface area contributed by atoms with E-state index in [1.807, 2.05) is 11.7 Å². The van der Waals surface area contributed by atoms with Crippen LogP contribution in [0, 0.1) is 0 Å². The van der Waals surface area contributed by atoms with Crippen molar-refractivity contribution in [2.75, 3.05) is 0 Å². The SMILES string of the molecule is CC(NCc1cncs1)c1ccc(C(C)(C)C)cc1. The molecule has 0 aliphatic rings. The van der Waals surface area contributed by atoms with Crippen molar-refractivity contribution in [3.63, 3.8) is 0 Å². The Bertz CT molecular complexity index is 495. The summed E-state index contributed by atoms with van der Waals surface area (Å²) < 4.78 is 0. The maximum atomic E-state index is 4.09. The van der Waals surface area contributed by atoms with Gasteiger partial charge in [-0.3, -0.25) is 4.98 Å². The van der Waals surface area contributed by atoms with E-state index < -0.39 is 0 Å². The van der Waals surface area contributed by atoms with Crippen LogP contribution >= 0.6 is 11.3 Å². The topological polar surface area (TPSA) is 24.9 Å². The fourth-order valence-electron chi connectivity index (χ4n) is 1.97. The fourth-order valence-corrected chi connectivity index (χ4v) is 2.52. The first-order chi connectivity index (χ1) is 8.97. The Hall–Kier alpha value is -1.19. The Kier molecular flexibility index (Phi) is 4.38. The van der Waals surface area contributed by atoms with Gasteiger partial charge in [0.25, 0.3) is 0 Å². The first-order valence-corrected chi connectivity index (χ1v) is 7.56. The maximum absolute atomic E-state index is 4.09. The smallest absolute Gasteiger partial charge is 0.0794 e. The molecular formula is C16H22N2S. The van der Waals surface area contributed by atoms with E-state index in [1.54, 1.807) is 11.3 Å². The van der Waals surface area contributed by atoms with Crippen molar-refractivity contribution in [1.29, 1.82) is 0 Å². The molecule has 0 amide bonds. The molecule has 0 bridgehead atoms. The summed E-state index contributed by atoms with van der Waals surface area (Å²) in [5.41, 5.74) is 4.81. The summed E-state index contributed by atoms with van der Waals surface area (Å²) in [4.78, 5) is 5.37. The van der Waals surface area contributed by atoms with Crippen molar-refractivity contribution in [2.24, 2.45) is 0 Å². The second-order valence-electron chi connectivity index (χ2n) is 5.94. The molecule has 1 aromatic carbocycles. The lowest BCUT2D eigenvalue weighted by Gasteiger charge is -2.20. The molecule has 1 aromatic heterocycles. The zero-order valence-corrected chi connectivity index (χ0v) is 12.9. The van der Waals surface area contributed by atoms with Crippen molar-refractivity contribution in [3.8, 4) is 0 Å². The van der Waals surface area contributed by atoms with Crippen LogP contribution in [-0.4, -0.2) is 4.98 Å². The summed E-state index contributed by atoms with van der Waals surface area (Å²) >= 11 is 1.69. The Morgan fingerprint density at radius 1 is 1.21 bits per heavy atom. The van der Waals surface area contributed by atoms with Gasteiger partial charge in [0.05, 0.1) is 5.51 Å². The minimum absolute atomic E-state index is 0.220. The Morgan fingerprint density at radius 3 is 2.42 bits per heavy atom. The standard InChI is InChI=1S/C16H22N2S/c1-12(18-10-15-9-17-11-19-15)13-5-7-14(8-6-13)16(2,3)4/h5-9,11-12,18H,10H2,1-4H3. The van der Waals surface area contributed by atoms with Gasteiger partial charge in [-0.15, -0.1) is 11.3 Å². The average molecular weight is 274 g/mol. The Balaban J connectivity index is 1.97. The van der Waals surface area contributed by atoms with E-state index in [4.69, 9.17) is 0 Å². The van der Waals surface area contributed by atoms with E-state index in [1.165, 1.54) is 16.0 Å². The van der Waals surface area contributed by atoms with Crippen LogP contribution in [0.4, 0.5) is 0 Å². The molecule has 1 unspecified atom stereocenters. The molecule has 0 aliphatic carbocycles. The van der Waals surface area contributed by atoms with E-state index in [0.29, 0.717) is 6.04 Å². The molecule has 1 N–H and O–H groups in total. The maximum Gasteiger partial charge on any atom is 0.0794 e. The van der Waals surface area contributed by atoms with Crippen LogP contribution in [0.5, 0.6) is 0 Å². The predicted octanol–water partition coefficient (Wildman–Crippen LogP) is 4.29. The van der Waals surface area contributed by atoms with Crippen LogP contribution in [0.1, 0.15) is 49.7 Å². The molecule has 2 nitrogen and oxygen atoms in total. The van der Waals surface area contributed by atoms with E-state index in [9.17, 15) is 0 Å². The van der Waals surface area contributed by atoms with Crippen LogP contribution in [0.3, 0.4) is 0 Å². The van der Waals surface area contributed by atoms with Crippen molar-refractivity contribution in [2.45, 2.75) is 45.7 Å². The van der Waals surface area contributed by atoms with Gasteiger partial charge in [0.1, 0.15) is 0 Å². The van der Waals surface area contributed by atoms with Crippen LogP contribution < -0.4 is 5.32 Å². The number of nitrogens with zero attached hydrogens (tertiary/aromatic N) is 1. The highest BCUT2D eigenvalue weighted by atomic mass is 32.1. The molecule has 1 atom stereocenters. The van der Waals surface area contributed by atoms with Gasteiger partial charge in [0, 0.05) is 23.7 Å². The average Bonchev–Trinajstić information content (AvgIpc) is 2.88. The van der Waals surface area contributed by atoms with Gasteiger partial charge in [-0.25, -0.2) is 0 Å². The quantitative estimate of drug-likeness (QED) is 0.899. The third-order valence-electron chi connectivity index (χ3n) is 3.34. The van der Waals surface area contributed by atoms with Gasteiger partial charge in [0.2, 0.25) is 0 Å². The molecule has 0 saturated heterocycles. The summed E-state index contributed by atoms with van der Waals surface area (Å²) in [6, 6.07) is 9.28. The molecule has 3 heteroatoms. The molecule has 2 rings (SSSR count). The van der Waals surface area contributed by atoms with Crippen molar-refractivity contribution >= 4 is 11.3 Å². The van der Waals surface area contributed by atoms with Gasteiger partial charge in [0.15, 0.2) is 0 Å². The van der Waals surface area contributed by atoms with E-state index in [-0.39, 0.29) is 5.41 Å². The van der Waals surface area contributed by atoms with Gasteiger partial charge in [-0.2, -0.15) is 0 Å². The van der Waals surface area contributed by atoms with Crippen LogP contribution in [0.2, 0.25) is 0 Å². The third kappa shape index (κ3) is 3.88. The minimum Gasteiger partial charge on any atom is -0.305 e. The number of benzene rings is 1. The summed E-state index contributed by atoms with van der Waals surface area (Å²) in [7, 11) is 0. The fraction of sp³-hybridized carbons (Fsp3) is 0.438. The molecule has 2 aromatic rings. The molecule has 1 heterocycles. The monoisotopic (exact) mass is 274 g/mol. The second kappa shape index (κ2) is 5.85. The minimum atomic E-state index is 0.220. The van der Waals surface area contributed by atoms with Crippen LogP contribution in [0.15, 0.2) is 36.0 Å². The first kappa shape index (κ1) is 14.2. The zero-order chi connectivity index (χ0) is 13.9. The van der Waals surface area contributed by atoms with Gasteiger partial charge in [-0.1, -0.05) is 45.0 Å². The Labute approximate surface area is 119 Å². The summed E-state index contributed by atoms with van der Waals surface area (Å²) in [5, 5.41) is 3.53. The zero-order valence-electron chi connectivity index (χ0n) is 12.1. The number of rotatable bonds is 4. The van der Waals surface area contributed by atoms with Gasteiger partial charge >= 0.3 is 0 Å². The molecule has 0 radical (unpaired) electrons. The summed E-state index contributed by atoms with van der Waals surface area (Å²) in [6.07, 6.45) is 1.92. The molecule has 0 spiro atoms. The van der Waals surface area contributed by atoms with Gasteiger partial charge in [-0.05, 0) is 23.5 Å². The largest absolute Gasteiger partial charge is 0.305 e. The summed E-state index contributed by atoms with van der Waals surface area (Å²) in [6.45, 7) is 9.81. The molecule has 0 saturated carbocycles. The summed E-state index contributed by atoms with van der Waals surface area (Å²) in [5.74, 6) is 0. The van der Waals surface area contributed by atoms with Gasteiger partial charge < -0.3 is 5.32 Å². The normalized spacial score (nSPS) is 13.5. The number of hydrogen-bond donors (Lipinski definition) is 1. The lowest BCUT2D eigenvalue weighted by atomic mass is 9.86. The first-order valence-electron chi connectivity index (χ1n) is 6.68. The van der Waals surface area contributed by atoms with E-state index in [0.717, 1.165) is 6.54 Å². The third-order valence-corrected chi connectivity index (χ3v) is 4.12. The molecule has 0 fully saturated rings. The van der Waals surface area contributed by atoms with E-state index >= 15 is 0 Å². The Morgan fingerprint density at radius 2 is 1.89 bits per heavy atom. The predicted molar refractivity (Wildman–Crippen MR) is 82.5 cm³/mol. The lowest BCUT2D eigenvalue weighted by molar-refractivity contribution is 0.572. The molecule has 19 heavy (non-hydrogen) atoms. The van der Waals surface area contributed by atoms with E-state index in [2.05, 4.69) is 62.3 Å². The molecule has 102 valence electrons. The van der Waals surface area contributed by atoms with Crippen LogP contribution in [0.25, 0.3) is 0 Å². The van der Waals surface area contributed by atoms with Crippen molar-refractivity contribution in [1.82, 2.24) is 10.3 Å². The van der Waals surface area contributed by atoms with Crippen molar-refractivity contribution in [3.05, 3.63) is 52.0 Å².